The number of amides is 2. The smallest absolute Gasteiger partial charge is 0.317 e. The van der Waals surface area contributed by atoms with E-state index in [1.165, 1.54) is 4.88 Å². The molecule has 0 unspecified atom stereocenters. The van der Waals surface area contributed by atoms with Gasteiger partial charge in [0, 0.05) is 44.8 Å². The van der Waals surface area contributed by atoms with Gasteiger partial charge in [0.05, 0.1) is 0 Å². The average molecular weight is 317 g/mol. The molecule has 0 fully saturated rings. The Labute approximate surface area is 136 Å². The Morgan fingerprint density at radius 3 is 2.45 bits per heavy atom. The van der Waals surface area contributed by atoms with Crippen molar-refractivity contribution in [2.75, 3.05) is 32.6 Å². The Kier molecular flexibility index (Phi) is 5.83. The molecule has 0 saturated heterocycles. The first-order chi connectivity index (χ1) is 10.6. The summed E-state index contributed by atoms with van der Waals surface area (Å²) in [6.07, 6.45) is 0.884. The molecule has 4 nitrogen and oxygen atoms in total. The monoisotopic (exact) mass is 317 g/mol. The Hall–Kier alpha value is -2.01. The second-order valence-corrected chi connectivity index (χ2v) is 6.51. The van der Waals surface area contributed by atoms with Crippen LogP contribution in [0.25, 0.3) is 0 Å². The average Bonchev–Trinajstić information content (AvgIpc) is 3.01. The molecule has 2 rings (SSSR count). The van der Waals surface area contributed by atoms with Crippen LogP contribution in [-0.4, -0.2) is 38.6 Å². The van der Waals surface area contributed by atoms with Crippen molar-refractivity contribution < 1.29 is 4.79 Å². The Morgan fingerprint density at radius 2 is 1.86 bits per heavy atom. The molecule has 118 valence electrons. The van der Waals surface area contributed by atoms with Crippen molar-refractivity contribution in [2.45, 2.75) is 13.0 Å². The summed E-state index contributed by atoms with van der Waals surface area (Å²) in [4.78, 5) is 17.1. The van der Waals surface area contributed by atoms with Crippen molar-refractivity contribution in [1.29, 1.82) is 0 Å². The van der Waals surface area contributed by atoms with E-state index in [4.69, 9.17) is 0 Å². The molecule has 22 heavy (non-hydrogen) atoms. The van der Waals surface area contributed by atoms with Crippen molar-refractivity contribution in [3.63, 3.8) is 0 Å². The molecule has 0 aliphatic carbocycles. The van der Waals surface area contributed by atoms with E-state index >= 15 is 0 Å². The molecule has 0 aliphatic heterocycles. The van der Waals surface area contributed by atoms with Crippen LogP contribution in [0.1, 0.15) is 10.4 Å². The van der Waals surface area contributed by atoms with Crippen LogP contribution in [0.5, 0.6) is 0 Å². The second kappa shape index (κ2) is 7.84. The molecule has 0 atom stereocenters. The van der Waals surface area contributed by atoms with E-state index in [1.54, 1.807) is 16.2 Å². The molecule has 0 saturated carbocycles. The largest absolute Gasteiger partial charge is 0.378 e. The van der Waals surface area contributed by atoms with Gasteiger partial charge >= 0.3 is 6.03 Å². The van der Waals surface area contributed by atoms with Gasteiger partial charge in [-0.15, -0.1) is 11.3 Å². The lowest BCUT2D eigenvalue weighted by Crippen LogP contribution is -2.37. The lowest BCUT2D eigenvalue weighted by atomic mass is 10.2. The van der Waals surface area contributed by atoms with Crippen molar-refractivity contribution in [1.82, 2.24) is 10.2 Å². The van der Waals surface area contributed by atoms with Crippen LogP contribution < -0.4 is 10.2 Å². The molecule has 0 radical (unpaired) electrons. The summed E-state index contributed by atoms with van der Waals surface area (Å²) in [6.45, 7) is 1.28. The molecule has 0 bridgehead atoms. The summed E-state index contributed by atoms with van der Waals surface area (Å²) in [7, 11) is 5.85. The van der Waals surface area contributed by atoms with Gasteiger partial charge in [-0.3, -0.25) is 0 Å². The molecule has 0 spiro atoms. The van der Waals surface area contributed by atoms with Gasteiger partial charge in [0.15, 0.2) is 0 Å². The molecular formula is C17H23N3OS. The minimum atomic E-state index is -0.0340. The van der Waals surface area contributed by atoms with Gasteiger partial charge in [-0.1, -0.05) is 18.2 Å². The molecule has 0 aliphatic rings. The van der Waals surface area contributed by atoms with Crippen molar-refractivity contribution in [2.24, 2.45) is 0 Å². The van der Waals surface area contributed by atoms with E-state index in [1.807, 2.05) is 27.2 Å². The highest BCUT2D eigenvalue weighted by atomic mass is 32.1. The quantitative estimate of drug-likeness (QED) is 0.888. The zero-order valence-corrected chi connectivity index (χ0v) is 14.2. The van der Waals surface area contributed by atoms with Crippen LogP contribution in [0.15, 0.2) is 41.8 Å². The standard InChI is InChI=1S/C17H23N3OS/c1-19(2)15-8-6-14(7-9-15)13-20(3)17(21)18-11-10-16-5-4-12-22-16/h4-9,12H,10-11,13H2,1-3H3,(H,18,21). The van der Waals surface area contributed by atoms with Crippen LogP contribution in [-0.2, 0) is 13.0 Å². The number of hydrogen-bond donors (Lipinski definition) is 1. The lowest BCUT2D eigenvalue weighted by Gasteiger charge is -2.19. The summed E-state index contributed by atoms with van der Waals surface area (Å²) in [5, 5.41) is 5.01. The lowest BCUT2D eigenvalue weighted by molar-refractivity contribution is 0.207. The van der Waals surface area contributed by atoms with E-state index in [0.29, 0.717) is 13.1 Å². The van der Waals surface area contributed by atoms with E-state index in [2.05, 4.69) is 45.9 Å². The van der Waals surface area contributed by atoms with Crippen molar-refractivity contribution in [3.8, 4) is 0 Å². The zero-order chi connectivity index (χ0) is 15.9. The number of benzene rings is 1. The molecule has 2 aromatic rings. The molecule has 1 aromatic heterocycles. The van der Waals surface area contributed by atoms with E-state index in [0.717, 1.165) is 17.7 Å². The SMILES string of the molecule is CN(Cc1ccc(N(C)C)cc1)C(=O)NCCc1cccs1. The number of rotatable bonds is 6. The predicted octanol–water partition coefficient (Wildman–Crippen LogP) is 3.20. The third-order valence-corrected chi connectivity index (χ3v) is 4.38. The summed E-state index contributed by atoms with van der Waals surface area (Å²) >= 11 is 1.72. The number of nitrogens with zero attached hydrogens (tertiary/aromatic N) is 2. The predicted molar refractivity (Wildman–Crippen MR) is 93.7 cm³/mol. The van der Waals surface area contributed by atoms with Gasteiger partial charge in [-0.05, 0) is 35.6 Å². The zero-order valence-electron chi connectivity index (χ0n) is 13.4. The van der Waals surface area contributed by atoms with Gasteiger partial charge < -0.3 is 15.1 Å². The summed E-state index contributed by atoms with van der Waals surface area (Å²) in [6, 6.07) is 12.3. The third kappa shape index (κ3) is 4.77. The highest BCUT2D eigenvalue weighted by Gasteiger charge is 2.08. The molecular weight excluding hydrogens is 294 g/mol. The van der Waals surface area contributed by atoms with Crippen LogP contribution in [0.3, 0.4) is 0 Å². The second-order valence-electron chi connectivity index (χ2n) is 5.48. The number of anilines is 1. The molecule has 5 heteroatoms. The minimum Gasteiger partial charge on any atom is -0.378 e. The van der Waals surface area contributed by atoms with Gasteiger partial charge in [-0.25, -0.2) is 4.79 Å². The van der Waals surface area contributed by atoms with Crippen LogP contribution >= 0.6 is 11.3 Å². The number of carbonyl (C=O) groups is 1. The van der Waals surface area contributed by atoms with E-state index in [-0.39, 0.29) is 6.03 Å². The van der Waals surface area contributed by atoms with E-state index in [9.17, 15) is 4.79 Å². The van der Waals surface area contributed by atoms with Crippen LogP contribution in [0.2, 0.25) is 0 Å². The maximum Gasteiger partial charge on any atom is 0.317 e. The first kappa shape index (κ1) is 16.4. The number of thiophene rings is 1. The highest BCUT2D eigenvalue weighted by molar-refractivity contribution is 7.09. The molecule has 1 aromatic carbocycles. The van der Waals surface area contributed by atoms with Gasteiger partial charge in [0.2, 0.25) is 0 Å². The van der Waals surface area contributed by atoms with Crippen molar-refractivity contribution in [3.05, 3.63) is 52.2 Å². The molecule has 2 amide bonds. The fourth-order valence-corrected chi connectivity index (χ4v) is 2.84. The number of urea groups is 1. The summed E-state index contributed by atoms with van der Waals surface area (Å²) < 4.78 is 0. The first-order valence-corrected chi connectivity index (χ1v) is 8.22. The van der Waals surface area contributed by atoms with Gasteiger partial charge in [0.25, 0.3) is 0 Å². The summed E-state index contributed by atoms with van der Waals surface area (Å²) in [5.74, 6) is 0. The third-order valence-electron chi connectivity index (χ3n) is 3.45. The number of nitrogens with one attached hydrogen (secondary N) is 1. The molecule has 1 heterocycles. The van der Waals surface area contributed by atoms with Crippen molar-refractivity contribution >= 4 is 23.1 Å². The molecule has 1 N–H and O–H groups in total. The normalized spacial score (nSPS) is 10.3. The minimum absolute atomic E-state index is 0.0340. The number of carbonyl (C=O) groups excluding carboxylic acids is 1. The first-order valence-electron chi connectivity index (χ1n) is 7.34. The maximum atomic E-state index is 12.1. The topological polar surface area (TPSA) is 35.6 Å². The van der Waals surface area contributed by atoms with E-state index < -0.39 is 0 Å². The van der Waals surface area contributed by atoms with Crippen LogP contribution in [0, 0.1) is 0 Å². The number of hydrogen-bond acceptors (Lipinski definition) is 3. The summed E-state index contributed by atoms with van der Waals surface area (Å²) in [5.41, 5.74) is 2.29. The fourth-order valence-electron chi connectivity index (χ4n) is 2.13. The Morgan fingerprint density at radius 1 is 1.14 bits per heavy atom. The Balaban J connectivity index is 1.77. The van der Waals surface area contributed by atoms with Crippen LogP contribution in [0.4, 0.5) is 10.5 Å². The fraction of sp³-hybridized carbons (Fsp3) is 0.353. The van der Waals surface area contributed by atoms with Gasteiger partial charge in [0.1, 0.15) is 0 Å². The maximum absolute atomic E-state index is 12.1. The highest BCUT2D eigenvalue weighted by Crippen LogP contribution is 2.13. The Bertz CT molecular complexity index is 578. The van der Waals surface area contributed by atoms with Gasteiger partial charge in [-0.2, -0.15) is 0 Å².